The second-order valence-electron chi connectivity index (χ2n) is 26.5. The predicted molar refractivity (Wildman–Crippen MR) is 486 cm³/mol. The number of thiazole rings is 1. The number of carboxylic acids is 1. The van der Waals surface area contributed by atoms with Gasteiger partial charge in [0.2, 0.25) is 5.91 Å². The first kappa shape index (κ1) is 99.7. The summed E-state index contributed by atoms with van der Waals surface area (Å²) in [6.07, 6.45) is 11.8. The molecule has 0 aliphatic heterocycles. The van der Waals surface area contributed by atoms with Crippen LogP contribution in [0.2, 0.25) is 0 Å². The summed E-state index contributed by atoms with van der Waals surface area (Å²) in [7, 11) is 8.94. The number of aliphatic carboxylic acids is 1. The van der Waals surface area contributed by atoms with Crippen molar-refractivity contribution in [3.05, 3.63) is 325 Å². The summed E-state index contributed by atoms with van der Waals surface area (Å²) < 4.78 is 18.0. The van der Waals surface area contributed by atoms with Gasteiger partial charge in [0, 0.05) is 91.3 Å². The van der Waals surface area contributed by atoms with E-state index in [9.17, 15) is 23.6 Å². The highest BCUT2D eigenvalue weighted by atomic mass is 32.1. The van der Waals surface area contributed by atoms with Crippen LogP contribution >= 0.6 is 34.9 Å². The number of halogens is 1. The molecule has 0 atom stereocenters. The lowest BCUT2D eigenvalue weighted by molar-refractivity contribution is -0.137. The second-order valence-corrected chi connectivity index (χ2v) is 29.5. The van der Waals surface area contributed by atoms with Gasteiger partial charge in [-0.15, -0.1) is 11.3 Å². The van der Waals surface area contributed by atoms with Crippen LogP contribution in [0.3, 0.4) is 0 Å². The van der Waals surface area contributed by atoms with Crippen molar-refractivity contribution in [2.24, 2.45) is 0 Å². The number of nitrogens with two attached hydrogens (primary N) is 4. The first-order valence-electron chi connectivity index (χ1n) is 38.2. The molecule has 0 aliphatic rings. The van der Waals surface area contributed by atoms with Gasteiger partial charge in [-0.1, -0.05) is 250 Å². The number of nitrogen functional groups attached to an aromatic ring is 4. The van der Waals surface area contributed by atoms with Crippen LogP contribution in [0.25, 0.3) is 22.3 Å². The smallest absolute Gasteiger partial charge is 0.303 e. The quantitative estimate of drug-likeness (QED) is 0.0152. The molecule has 12 aromatic rings. The summed E-state index contributed by atoms with van der Waals surface area (Å²) in [6, 6.07) is 79.1. The number of phenols is 1. The first-order valence-corrected chi connectivity index (χ1v) is 40.3. The minimum absolute atomic E-state index is 0.155. The van der Waals surface area contributed by atoms with Crippen molar-refractivity contribution in [3.63, 3.8) is 0 Å². The highest BCUT2D eigenvalue weighted by Crippen LogP contribution is 2.24. The Labute approximate surface area is 696 Å². The minimum Gasteiger partial charge on any atom is -0.508 e. The number of aromatic nitrogens is 3. The van der Waals surface area contributed by atoms with Crippen molar-refractivity contribution >= 4 is 81.1 Å². The standard InChI is InChI=1S/C22H27NO2.C20H22O3.C8H11NO.C8H11N.C7H8FN.C7H9N.C7H8O.C7H8.C4H5NS.C3H4N2S2.C2H7N/c1-23(2)22(25)13-9-4-3-8-12-21(24)20-16-14-19(15-17-20)18-10-6-5-7-11-18;21-19(10-6-1-2-7-11-20(22)23)18-14-12-17(13-15-18)16-8-4-3-5-9-16;1-6-3-4-7(10-2)5-8(6)9;1-2-7-5-3-4-6-8(7)9;1-5-4-6(8)2-3-7(5)9;2*1-6-4-2-3-5-7(6)8;1-7-5-3-2-4-6-7;1-4-5-2-3-6-4;1-2-4-5-3(6)7-2;1-3-2/h5-7,10-11,14-17H,3-4,8-9,12-13H2,1-2H3;3-5,8-9,12-15H,1-2,6-7,10-11H2,(H,22,23);3-5H,9H2,1-2H3;3-6H,2,9H2,1H3;2-4H,9H2,1H3;2-5H,8H2,1H3;2-5,8H,1H3;2-6H,1H3;2-3H,1H3;1H3,(H,5,6);3H,1-2H3. The van der Waals surface area contributed by atoms with Crippen molar-refractivity contribution in [2.75, 3.05) is 58.2 Å². The lowest BCUT2D eigenvalue weighted by Gasteiger charge is -2.09. The lowest BCUT2D eigenvalue weighted by Crippen LogP contribution is -2.20. The number of nitrogens with zero attached hydrogens (tertiary/aromatic N) is 3. The van der Waals surface area contributed by atoms with Gasteiger partial charge in [-0.25, -0.2) is 4.39 Å². The maximum absolute atomic E-state index is 12.3. The number of para-hydroxylation sites is 3. The number of nitrogens with one attached hydrogen (secondary N) is 2. The number of hydrogen-bond donors (Lipinski definition) is 8. The average molecular weight is 1620 g/mol. The van der Waals surface area contributed by atoms with Gasteiger partial charge in [-0.05, 0) is 199 Å². The number of aromatic hydroxyl groups is 1. The van der Waals surface area contributed by atoms with Crippen LogP contribution in [0.15, 0.2) is 260 Å². The molecule has 12 rings (SSSR count). The van der Waals surface area contributed by atoms with Crippen molar-refractivity contribution in [2.45, 2.75) is 139 Å². The third-order valence-corrected chi connectivity index (χ3v) is 18.4. The van der Waals surface area contributed by atoms with E-state index in [4.69, 9.17) is 50.1 Å². The SMILES string of the molecule is CCc1ccccc1N.CN(C)C(=O)CCCCCCC(=O)c1ccc(-c2ccccc2)cc1.CNC.COc1ccc(C)c(N)c1.Cc1cc(F)ccc1N.Cc1ccccc1.Cc1ccccc1N.Cc1ccccc1O.Cc1n[nH]c(=S)s1.Cc1nccs1.O=C(O)CCCCCCC(=O)c1ccc(-c2ccccc2)cc1. The molecule has 20 heteroatoms. The molecule has 0 unspecified atom stereocenters. The number of unbranched alkanes of at least 4 members (excludes halogenated alkanes) is 6. The fraction of sp³-hybridized carbons (Fsp3) is 0.274. The van der Waals surface area contributed by atoms with Crippen molar-refractivity contribution < 1.29 is 38.5 Å². The molecule has 0 saturated heterocycles. The topological polar surface area (TPSA) is 279 Å². The zero-order valence-electron chi connectivity index (χ0n) is 69.2. The minimum atomic E-state index is -0.750. The number of rotatable bonds is 20. The maximum Gasteiger partial charge on any atom is 0.303 e. The van der Waals surface area contributed by atoms with E-state index in [0.717, 1.165) is 144 Å². The molecule has 10 aromatic carbocycles. The maximum atomic E-state index is 12.3. The number of carbonyl (C=O) groups excluding carboxylic acids is 3. The molecular weight excluding hydrogens is 1490 g/mol. The summed E-state index contributed by atoms with van der Waals surface area (Å²) in [6.45, 7) is 15.7. The molecule has 0 radical (unpaired) electrons. The molecule has 0 bridgehead atoms. The first-order chi connectivity index (χ1) is 55.1. The zero-order chi connectivity index (χ0) is 85.1. The van der Waals surface area contributed by atoms with E-state index in [1.165, 1.54) is 34.6 Å². The Balaban J connectivity index is 0.000000451. The van der Waals surface area contributed by atoms with Gasteiger partial charge in [-0.3, -0.25) is 29.3 Å². The van der Waals surface area contributed by atoms with E-state index < -0.39 is 5.97 Å². The van der Waals surface area contributed by atoms with E-state index in [0.29, 0.717) is 37.1 Å². The highest BCUT2D eigenvalue weighted by Gasteiger charge is 2.10. The normalized spacial score (nSPS) is 9.65. The van der Waals surface area contributed by atoms with E-state index in [-0.39, 0.29) is 29.7 Å². The average Bonchev–Trinajstić information content (AvgIpc) is 1.09. The summed E-state index contributed by atoms with van der Waals surface area (Å²) in [5.41, 5.74) is 37.9. The van der Waals surface area contributed by atoms with Gasteiger partial charge in [0.15, 0.2) is 15.5 Å². The summed E-state index contributed by atoms with van der Waals surface area (Å²) in [4.78, 5) is 51.8. The third kappa shape index (κ3) is 46.4. The second kappa shape index (κ2) is 60.2. The van der Waals surface area contributed by atoms with E-state index in [1.807, 2.05) is 248 Å². The van der Waals surface area contributed by atoms with Crippen LogP contribution in [0.1, 0.15) is 148 Å². The number of anilines is 4. The Bertz CT molecular complexity index is 4580. The predicted octanol–water partition coefficient (Wildman–Crippen LogP) is 23.1. The lowest BCUT2D eigenvalue weighted by atomic mass is 10.00. The van der Waals surface area contributed by atoms with Gasteiger partial charge >= 0.3 is 5.97 Å². The van der Waals surface area contributed by atoms with Gasteiger partial charge < -0.3 is 48.1 Å². The number of aryl methyl sites for hydroxylation is 8. The van der Waals surface area contributed by atoms with Gasteiger partial charge in [0.1, 0.15) is 22.3 Å². The van der Waals surface area contributed by atoms with Gasteiger partial charge in [0.05, 0.1) is 12.1 Å². The van der Waals surface area contributed by atoms with E-state index in [1.54, 1.807) is 62.7 Å². The largest absolute Gasteiger partial charge is 0.508 e. The number of hydrogen-bond acceptors (Lipinski definition) is 16. The number of Topliss-reactive ketones (excluding diaryl/α,β-unsaturated/α-hetero) is 2. The van der Waals surface area contributed by atoms with E-state index >= 15 is 0 Å². The molecule has 0 fully saturated rings. The number of carboxylic acid groups (broad SMARTS) is 1. The van der Waals surface area contributed by atoms with Crippen molar-refractivity contribution in [1.29, 1.82) is 0 Å². The van der Waals surface area contributed by atoms with Crippen LogP contribution in [0, 0.1) is 58.2 Å². The Kier molecular flexibility index (Phi) is 52.2. The summed E-state index contributed by atoms with van der Waals surface area (Å²) >= 11 is 7.89. The summed E-state index contributed by atoms with van der Waals surface area (Å²) in [5.74, 6) is 0.721. The monoisotopic (exact) mass is 1610 g/mol. The number of carbonyl (C=O) groups is 4. The highest BCUT2D eigenvalue weighted by molar-refractivity contribution is 7.73. The Hall–Kier alpha value is -11.4. The van der Waals surface area contributed by atoms with Crippen LogP contribution in [0.4, 0.5) is 27.1 Å². The fourth-order valence-corrected chi connectivity index (χ4v) is 11.1. The molecule has 0 spiro atoms. The molecule has 612 valence electrons. The molecule has 0 saturated carbocycles. The molecule has 1 amide bonds. The van der Waals surface area contributed by atoms with Gasteiger partial charge in [-0.2, -0.15) is 5.10 Å². The Morgan fingerprint density at radius 2 is 0.930 bits per heavy atom. The number of methoxy groups -OCH3 is 1. The van der Waals surface area contributed by atoms with Crippen LogP contribution < -0.4 is 33.0 Å². The fourth-order valence-electron chi connectivity index (χ4n) is 9.83. The molecule has 0 aliphatic carbocycles. The number of aromatic amines is 1. The molecule has 12 N–H and O–H groups in total. The molecular formula is C95H120FN9O7S3. The number of ketones is 2. The Morgan fingerprint density at radius 1 is 0.496 bits per heavy atom. The van der Waals surface area contributed by atoms with Crippen LogP contribution in [-0.4, -0.2) is 89.0 Å². The van der Waals surface area contributed by atoms with Gasteiger partial charge in [0.25, 0.3) is 0 Å². The Morgan fingerprint density at radius 3 is 1.25 bits per heavy atom. The number of amides is 1. The van der Waals surface area contributed by atoms with E-state index in [2.05, 4.69) is 64.7 Å². The number of ether oxygens (including phenoxy) is 1. The number of benzene rings is 10. The number of H-pyrrole nitrogens is 1. The molecule has 16 nitrogen and oxygen atoms in total. The zero-order valence-corrected chi connectivity index (χ0v) is 71.7. The number of phenolic OH excluding ortho intramolecular Hbond substituents is 1. The van der Waals surface area contributed by atoms with Crippen molar-refractivity contribution in [3.8, 4) is 33.8 Å². The summed E-state index contributed by atoms with van der Waals surface area (Å²) in [5, 5.41) is 30.8. The third-order valence-electron chi connectivity index (χ3n) is 16.7. The van der Waals surface area contributed by atoms with Crippen molar-refractivity contribution in [1.82, 2.24) is 25.4 Å². The molecule has 2 aromatic heterocycles. The molecule has 2 heterocycles. The van der Waals surface area contributed by atoms with Crippen LogP contribution in [-0.2, 0) is 16.0 Å². The molecule has 115 heavy (non-hydrogen) atoms. The van der Waals surface area contributed by atoms with Crippen LogP contribution in [0.5, 0.6) is 11.5 Å².